The Kier molecular flexibility index (Phi) is 12.5. The van der Waals surface area contributed by atoms with Crippen molar-refractivity contribution in [3.05, 3.63) is 198 Å². The maximum absolute atomic E-state index is 9.32. The molecule has 0 bridgehead atoms. The van der Waals surface area contributed by atoms with E-state index < -0.39 is 0 Å². The lowest BCUT2D eigenvalue weighted by atomic mass is 10.1. The van der Waals surface area contributed by atoms with E-state index >= 15 is 0 Å². The second kappa shape index (κ2) is 18.2. The Bertz CT molecular complexity index is 2340. The zero-order chi connectivity index (χ0) is 36.8. The summed E-state index contributed by atoms with van der Waals surface area (Å²) in [6.45, 7) is 3.94. The fourth-order valence-electron chi connectivity index (χ4n) is 5.36. The molecule has 4 aromatic heterocycles. The summed E-state index contributed by atoms with van der Waals surface area (Å²) in [4.78, 5) is 17.6. The number of benzene rings is 4. The van der Waals surface area contributed by atoms with Crippen molar-refractivity contribution in [2.75, 3.05) is 0 Å². The highest BCUT2D eigenvalue weighted by Gasteiger charge is 2.05. The third-order valence-electron chi connectivity index (χ3n) is 7.86. The molecular formula is C46H37BrN4O2. The summed E-state index contributed by atoms with van der Waals surface area (Å²) in [5.41, 5.74) is 9.87. The largest absolute Gasteiger partial charge is 0.508 e. The van der Waals surface area contributed by atoms with Crippen molar-refractivity contribution in [3.8, 4) is 62.3 Å². The smallest absolute Gasteiger partial charge is 0.128 e. The van der Waals surface area contributed by atoms with Gasteiger partial charge in [-0.1, -0.05) is 88.7 Å². The molecule has 0 unspecified atom stereocenters. The van der Waals surface area contributed by atoms with Gasteiger partial charge in [-0.3, -0.25) is 19.9 Å². The van der Waals surface area contributed by atoms with E-state index in [1.165, 1.54) is 0 Å². The molecule has 0 aliphatic heterocycles. The van der Waals surface area contributed by atoms with Crippen molar-refractivity contribution in [2.24, 2.45) is 0 Å². The topological polar surface area (TPSA) is 81.0 Å². The number of aromatic hydroxyl groups is 1. The second-order valence-corrected chi connectivity index (χ2v) is 12.9. The Balaban J connectivity index is 0.000000150. The first kappa shape index (κ1) is 36.4. The maximum Gasteiger partial charge on any atom is 0.128 e. The molecule has 0 aliphatic carbocycles. The molecule has 0 fully saturated rings. The molecule has 4 heterocycles. The molecule has 0 atom stereocenters. The van der Waals surface area contributed by atoms with Crippen molar-refractivity contribution in [2.45, 2.75) is 13.8 Å². The molecule has 0 radical (unpaired) electrons. The molecule has 0 saturated carbocycles. The SMILES string of the molecule is Brc1cccc(-c2ccccn2)c1.Cc1cccc(-c2cccc(O)c2)n1.Cc1cccc(-c2cccc(Oc3cccc(-c4ccccn4)c3)c2)n1. The van der Waals surface area contributed by atoms with Crippen molar-refractivity contribution in [1.82, 2.24) is 19.9 Å². The number of aryl methyl sites for hydroxylation is 2. The van der Waals surface area contributed by atoms with Gasteiger partial charge in [-0.15, -0.1) is 0 Å². The Morgan fingerprint density at radius 3 is 1.34 bits per heavy atom. The number of pyridine rings is 4. The molecule has 0 spiro atoms. The van der Waals surface area contributed by atoms with Crippen LogP contribution >= 0.6 is 15.9 Å². The van der Waals surface area contributed by atoms with Crippen molar-refractivity contribution >= 4 is 15.9 Å². The summed E-state index contributed by atoms with van der Waals surface area (Å²) < 4.78 is 7.16. The lowest BCUT2D eigenvalue weighted by Gasteiger charge is -2.09. The van der Waals surface area contributed by atoms with Crippen LogP contribution in [0, 0.1) is 13.8 Å². The molecule has 0 aliphatic rings. The standard InChI is InChI=1S/C23H18N2O.C12H11NO.C11H8BrN/c1-17-7-4-13-23(25-17)19-9-6-11-21(16-19)26-20-10-5-8-18(15-20)22-12-2-3-14-24-22;1-9-4-2-7-12(13-9)10-5-3-6-11(14)8-10;12-10-5-3-4-9(8-10)11-6-1-2-7-13-11/h2-16H,1H3;2-8,14H,1H3;1-8H. The lowest BCUT2D eigenvalue weighted by Crippen LogP contribution is -1.89. The summed E-state index contributed by atoms with van der Waals surface area (Å²) in [5, 5.41) is 9.32. The Morgan fingerprint density at radius 2 is 0.868 bits per heavy atom. The number of nitrogens with zero attached hydrogens (tertiary/aromatic N) is 4. The van der Waals surface area contributed by atoms with Gasteiger partial charge in [0.25, 0.3) is 0 Å². The van der Waals surface area contributed by atoms with Gasteiger partial charge in [0.1, 0.15) is 17.2 Å². The predicted molar refractivity (Wildman–Crippen MR) is 218 cm³/mol. The van der Waals surface area contributed by atoms with E-state index in [-0.39, 0.29) is 5.75 Å². The van der Waals surface area contributed by atoms with Gasteiger partial charge >= 0.3 is 0 Å². The van der Waals surface area contributed by atoms with Crippen molar-refractivity contribution in [3.63, 3.8) is 0 Å². The van der Waals surface area contributed by atoms with E-state index in [4.69, 9.17) is 4.74 Å². The highest BCUT2D eigenvalue weighted by atomic mass is 79.9. The Labute approximate surface area is 318 Å². The first-order valence-corrected chi connectivity index (χ1v) is 17.8. The third kappa shape index (κ3) is 10.8. The summed E-state index contributed by atoms with van der Waals surface area (Å²) in [6.07, 6.45) is 3.59. The summed E-state index contributed by atoms with van der Waals surface area (Å²) in [7, 11) is 0. The second-order valence-electron chi connectivity index (χ2n) is 12.0. The molecule has 7 heteroatoms. The van der Waals surface area contributed by atoms with Crippen LogP contribution in [0.5, 0.6) is 17.2 Å². The zero-order valence-corrected chi connectivity index (χ0v) is 30.9. The van der Waals surface area contributed by atoms with Crippen LogP contribution in [0.2, 0.25) is 0 Å². The molecule has 260 valence electrons. The van der Waals surface area contributed by atoms with E-state index in [9.17, 15) is 5.11 Å². The number of hydrogen-bond acceptors (Lipinski definition) is 6. The van der Waals surface area contributed by atoms with E-state index in [2.05, 4.69) is 41.9 Å². The molecule has 8 rings (SSSR count). The molecule has 1 N–H and O–H groups in total. The van der Waals surface area contributed by atoms with Gasteiger partial charge in [-0.2, -0.15) is 0 Å². The van der Waals surface area contributed by atoms with Crippen LogP contribution in [0.4, 0.5) is 0 Å². The van der Waals surface area contributed by atoms with Crippen LogP contribution in [0.1, 0.15) is 11.4 Å². The molecule has 0 amide bonds. The first-order valence-electron chi connectivity index (χ1n) is 17.0. The van der Waals surface area contributed by atoms with E-state index in [0.29, 0.717) is 0 Å². The first-order chi connectivity index (χ1) is 25.9. The van der Waals surface area contributed by atoms with Gasteiger partial charge in [0.2, 0.25) is 0 Å². The molecule has 53 heavy (non-hydrogen) atoms. The lowest BCUT2D eigenvalue weighted by molar-refractivity contribution is 0.475. The fourth-order valence-corrected chi connectivity index (χ4v) is 5.76. The van der Waals surface area contributed by atoms with Crippen LogP contribution in [0.15, 0.2) is 187 Å². The summed E-state index contributed by atoms with van der Waals surface area (Å²) >= 11 is 3.43. The molecule has 0 saturated heterocycles. The number of phenolic OH excluding ortho intramolecular Hbond substituents is 1. The summed E-state index contributed by atoms with van der Waals surface area (Å²) in [6, 6.07) is 54.8. The minimum atomic E-state index is 0.269. The normalized spacial score (nSPS) is 10.2. The van der Waals surface area contributed by atoms with Crippen LogP contribution in [-0.4, -0.2) is 25.0 Å². The minimum absolute atomic E-state index is 0.269. The average Bonchev–Trinajstić information content (AvgIpc) is 3.19. The van der Waals surface area contributed by atoms with Crippen LogP contribution < -0.4 is 4.74 Å². The average molecular weight is 758 g/mol. The van der Waals surface area contributed by atoms with Crippen molar-refractivity contribution < 1.29 is 9.84 Å². The number of halogens is 1. The molecule has 6 nitrogen and oxygen atoms in total. The zero-order valence-electron chi connectivity index (χ0n) is 29.3. The predicted octanol–water partition coefficient (Wildman–Crippen LogP) is 12.2. The minimum Gasteiger partial charge on any atom is -0.508 e. The van der Waals surface area contributed by atoms with Crippen LogP contribution in [-0.2, 0) is 0 Å². The Hall–Kier alpha value is -6.44. The van der Waals surface area contributed by atoms with Gasteiger partial charge in [0, 0.05) is 50.5 Å². The molecule has 8 aromatic rings. The number of phenols is 1. The number of rotatable bonds is 6. The highest BCUT2D eigenvalue weighted by molar-refractivity contribution is 9.10. The van der Waals surface area contributed by atoms with E-state index in [0.717, 1.165) is 72.4 Å². The summed E-state index contributed by atoms with van der Waals surface area (Å²) in [5.74, 6) is 1.83. The Morgan fingerprint density at radius 1 is 0.434 bits per heavy atom. The molecular weight excluding hydrogens is 720 g/mol. The quantitative estimate of drug-likeness (QED) is 0.182. The van der Waals surface area contributed by atoms with Crippen LogP contribution in [0.3, 0.4) is 0 Å². The van der Waals surface area contributed by atoms with Gasteiger partial charge in [-0.25, -0.2) is 0 Å². The van der Waals surface area contributed by atoms with Gasteiger partial charge in [0.05, 0.1) is 22.8 Å². The van der Waals surface area contributed by atoms with E-state index in [1.54, 1.807) is 24.5 Å². The number of ether oxygens (including phenoxy) is 1. The fraction of sp³-hybridized carbons (Fsp3) is 0.0435. The number of aromatic nitrogens is 4. The number of hydrogen-bond donors (Lipinski definition) is 1. The maximum atomic E-state index is 9.32. The van der Waals surface area contributed by atoms with Crippen LogP contribution in [0.25, 0.3) is 45.0 Å². The van der Waals surface area contributed by atoms with Gasteiger partial charge in [0.15, 0.2) is 0 Å². The van der Waals surface area contributed by atoms with E-state index in [1.807, 2.05) is 166 Å². The van der Waals surface area contributed by atoms with Crippen molar-refractivity contribution in [1.29, 1.82) is 0 Å². The molecule has 4 aromatic carbocycles. The monoisotopic (exact) mass is 756 g/mol. The van der Waals surface area contributed by atoms with Gasteiger partial charge in [-0.05, 0) is 111 Å². The highest BCUT2D eigenvalue weighted by Crippen LogP contribution is 2.29. The van der Waals surface area contributed by atoms with Gasteiger partial charge < -0.3 is 9.84 Å². The third-order valence-corrected chi connectivity index (χ3v) is 8.36.